The molecule has 0 heterocycles. The lowest BCUT2D eigenvalue weighted by Crippen LogP contribution is -2.53. The van der Waals surface area contributed by atoms with Gasteiger partial charge in [-0.2, -0.15) is 0 Å². The SMILES string of the molecule is CNC(=O)C(Cc1ccccc1)N(Cc1ccc(Cl)cc1Cl)C(=O)CN(c1ccccc1F)S(=O)(=O)c1ccccc1. The first-order valence-corrected chi connectivity index (χ1v) is 15.1. The Morgan fingerprint density at radius 3 is 2.12 bits per heavy atom. The predicted molar refractivity (Wildman–Crippen MR) is 162 cm³/mol. The second kappa shape index (κ2) is 13.8. The van der Waals surface area contributed by atoms with Crippen LogP contribution in [0.1, 0.15) is 11.1 Å². The molecule has 4 rings (SSSR count). The van der Waals surface area contributed by atoms with Crippen molar-refractivity contribution >= 4 is 50.7 Å². The van der Waals surface area contributed by atoms with Gasteiger partial charge in [0.2, 0.25) is 11.8 Å². The fourth-order valence-corrected chi connectivity index (χ4v) is 6.35. The maximum Gasteiger partial charge on any atom is 0.264 e. The molecular formula is C31H28Cl2FN3O4S. The highest BCUT2D eigenvalue weighted by atomic mass is 35.5. The molecule has 0 aliphatic heterocycles. The summed E-state index contributed by atoms with van der Waals surface area (Å²) in [6, 6.07) is 25.5. The maximum absolute atomic E-state index is 15.1. The van der Waals surface area contributed by atoms with Crippen molar-refractivity contribution in [2.75, 3.05) is 17.9 Å². The number of para-hydroxylation sites is 1. The van der Waals surface area contributed by atoms with Crippen LogP contribution in [0, 0.1) is 5.82 Å². The molecule has 2 amide bonds. The normalized spacial score (nSPS) is 11.9. The summed E-state index contributed by atoms with van der Waals surface area (Å²) in [5.74, 6) is -2.04. The van der Waals surface area contributed by atoms with E-state index in [1.165, 1.54) is 60.5 Å². The van der Waals surface area contributed by atoms with E-state index in [4.69, 9.17) is 23.2 Å². The number of likely N-dealkylation sites (N-methyl/N-ethyl adjacent to an activating group) is 1. The number of hydrogen-bond acceptors (Lipinski definition) is 4. The second-order valence-electron chi connectivity index (χ2n) is 9.35. The van der Waals surface area contributed by atoms with Crippen molar-refractivity contribution in [3.8, 4) is 0 Å². The number of hydrogen-bond donors (Lipinski definition) is 1. The van der Waals surface area contributed by atoms with Crippen LogP contribution < -0.4 is 9.62 Å². The summed E-state index contributed by atoms with van der Waals surface area (Å²) in [6.07, 6.45) is 0.128. The van der Waals surface area contributed by atoms with Gasteiger partial charge in [-0.05, 0) is 47.5 Å². The van der Waals surface area contributed by atoms with Crippen molar-refractivity contribution in [1.82, 2.24) is 10.2 Å². The van der Waals surface area contributed by atoms with E-state index in [2.05, 4.69) is 5.32 Å². The van der Waals surface area contributed by atoms with Crippen LogP contribution in [0.25, 0.3) is 0 Å². The Balaban J connectivity index is 1.81. The monoisotopic (exact) mass is 627 g/mol. The molecule has 0 saturated heterocycles. The van der Waals surface area contributed by atoms with Gasteiger partial charge in [0.1, 0.15) is 18.4 Å². The molecule has 0 bridgehead atoms. The standard InChI is InChI=1S/C31H28Cl2FN3O4S/c1-35-31(39)29(18-22-10-4-2-5-11-22)36(20-23-16-17-24(32)19-26(23)33)30(38)21-37(28-15-9-8-14-27(28)34)42(40,41)25-12-6-3-7-13-25/h2-17,19,29H,18,20-21H2,1H3,(H,35,39). The van der Waals surface area contributed by atoms with Gasteiger partial charge in [0.15, 0.2) is 0 Å². The van der Waals surface area contributed by atoms with E-state index in [9.17, 15) is 18.0 Å². The van der Waals surface area contributed by atoms with Crippen molar-refractivity contribution in [3.05, 3.63) is 130 Å². The summed E-state index contributed by atoms with van der Waals surface area (Å²) in [6.45, 7) is -0.929. The smallest absolute Gasteiger partial charge is 0.264 e. The minimum absolute atomic E-state index is 0.125. The fourth-order valence-electron chi connectivity index (χ4n) is 4.44. The van der Waals surface area contributed by atoms with Gasteiger partial charge in [0.25, 0.3) is 10.0 Å². The van der Waals surface area contributed by atoms with Crippen LogP contribution in [0.4, 0.5) is 10.1 Å². The molecule has 0 fully saturated rings. The summed E-state index contributed by atoms with van der Waals surface area (Å²) in [5.41, 5.74) is 0.951. The number of halogens is 3. The predicted octanol–water partition coefficient (Wildman–Crippen LogP) is 5.71. The number of amides is 2. The third kappa shape index (κ3) is 7.28. The molecule has 0 spiro atoms. The Labute approximate surface area is 254 Å². The molecule has 42 heavy (non-hydrogen) atoms. The number of benzene rings is 4. The first kappa shape index (κ1) is 31.0. The van der Waals surface area contributed by atoms with Crippen molar-refractivity contribution in [1.29, 1.82) is 0 Å². The molecule has 0 radical (unpaired) electrons. The summed E-state index contributed by atoms with van der Waals surface area (Å²) < 4.78 is 43.4. The van der Waals surface area contributed by atoms with E-state index in [-0.39, 0.29) is 28.6 Å². The summed E-state index contributed by atoms with van der Waals surface area (Å²) in [7, 11) is -2.95. The summed E-state index contributed by atoms with van der Waals surface area (Å²) in [4.78, 5) is 28.6. The maximum atomic E-state index is 15.1. The number of carbonyl (C=O) groups excluding carboxylic acids is 2. The van der Waals surface area contributed by atoms with Gasteiger partial charge in [-0.15, -0.1) is 0 Å². The van der Waals surface area contributed by atoms with E-state index < -0.39 is 40.2 Å². The number of anilines is 1. The molecule has 0 aliphatic rings. The van der Waals surface area contributed by atoms with Gasteiger partial charge in [0.05, 0.1) is 10.6 Å². The fraction of sp³-hybridized carbons (Fsp3) is 0.161. The molecule has 4 aromatic rings. The highest BCUT2D eigenvalue weighted by Crippen LogP contribution is 2.28. The van der Waals surface area contributed by atoms with Gasteiger partial charge >= 0.3 is 0 Å². The first-order chi connectivity index (χ1) is 20.1. The first-order valence-electron chi connectivity index (χ1n) is 12.9. The number of nitrogens with zero attached hydrogens (tertiary/aromatic N) is 2. The molecule has 218 valence electrons. The quantitative estimate of drug-likeness (QED) is 0.231. The molecular weight excluding hydrogens is 600 g/mol. The van der Waals surface area contributed by atoms with Crippen LogP contribution in [0.5, 0.6) is 0 Å². The molecule has 1 unspecified atom stereocenters. The topological polar surface area (TPSA) is 86.8 Å². The Morgan fingerprint density at radius 1 is 0.881 bits per heavy atom. The van der Waals surface area contributed by atoms with E-state index >= 15 is 4.39 Å². The Kier molecular flexibility index (Phi) is 10.2. The highest BCUT2D eigenvalue weighted by Gasteiger charge is 2.35. The number of rotatable bonds is 11. The van der Waals surface area contributed by atoms with Gasteiger partial charge < -0.3 is 10.2 Å². The molecule has 4 aromatic carbocycles. The Bertz CT molecular complexity index is 1660. The number of sulfonamides is 1. The molecule has 1 atom stereocenters. The van der Waals surface area contributed by atoms with Gasteiger partial charge in [-0.1, -0.05) is 89.9 Å². The largest absolute Gasteiger partial charge is 0.357 e. The minimum atomic E-state index is -4.40. The van der Waals surface area contributed by atoms with Crippen molar-refractivity contribution in [2.45, 2.75) is 23.9 Å². The van der Waals surface area contributed by atoms with Gasteiger partial charge in [-0.3, -0.25) is 13.9 Å². The van der Waals surface area contributed by atoms with Crippen LogP contribution >= 0.6 is 23.2 Å². The average Bonchev–Trinajstić information content (AvgIpc) is 2.99. The lowest BCUT2D eigenvalue weighted by atomic mass is 10.0. The lowest BCUT2D eigenvalue weighted by Gasteiger charge is -2.33. The lowest BCUT2D eigenvalue weighted by molar-refractivity contribution is -0.139. The molecule has 1 N–H and O–H groups in total. The molecule has 11 heteroatoms. The van der Waals surface area contributed by atoms with Crippen LogP contribution in [0.3, 0.4) is 0 Å². The van der Waals surface area contributed by atoms with Crippen LogP contribution in [0.15, 0.2) is 108 Å². The zero-order valence-electron chi connectivity index (χ0n) is 22.6. The summed E-state index contributed by atoms with van der Waals surface area (Å²) in [5, 5.41) is 3.25. The number of carbonyl (C=O) groups is 2. The number of nitrogens with one attached hydrogen (secondary N) is 1. The van der Waals surface area contributed by atoms with E-state index in [0.717, 1.165) is 15.9 Å². The van der Waals surface area contributed by atoms with Crippen LogP contribution in [-0.4, -0.2) is 44.8 Å². The summed E-state index contributed by atoms with van der Waals surface area (Å²) >= 11 is 12.5. The molecule has 0 saturated carbocycles. The average molecular weight is 629 g/mol. The van der Waals surface area contributed by atoms with Crippen molar-refractivity contribution < 1.29 is 22.4 Å². The van der Waals surface area contributed by atoms with Crippen LogP contribution in [0.2, 0.25) is 10.0 Å². The van der Waals surface area contributed by atoms with Crippen molar-refractivity contribution in [2.24, 2.45) is 0 Å². The third-order valence-electron chi connectivity index (χ3n) is 6.60. The van der Waals surface area contributed by atoms with E-state index in [1.54, 1.807) is 18.2 Å². The second-order valence-corrected chi connectivity index (χ2v) is 12.1. The molecule has 7 nitrogen and oxygen atoms in total. The van der Waals surface area contributed by atoms with Crippen molar-refractivity contribution in [3.63, 3.8) is 0 Å². The minimum Gasteiger partial charge on any atom is -0.357 e. The third-order valence-corrected chi connectivity index (χ3v) is 8.97. The van der Waals surface area contributed by atoms with Crippen LogP contribution in [-0.2, 0) is 32.6 Å². The molecule has 0 aliphatic carbocycles. The van der Waals surface area contributed by atoms with E-state index in [0.29, 0.717) is 10.6 Å². The van der Waals surface area contributed by atoms with E-state index in [1.807, 2.05) is 30.3 Å². The molecule has 0 aromatic heterocycles. The zero-order chi connectivity index (χ0) is 30.3. The Hall–Kier alpha value is -3.92. The zero-order valence-corrected chi connectivity index (χ0v) is 24.9. The van der Waals surface area contributed by atoms with Gasteiger partial charge in [0, 0.05) is 30.1 Å². The Morgan fingerprint density at radius 2 is 1.50 bits per heavy atom. The van der Waals surface area contributed by atoms with Gasteiger partial charge in [-0.25, -0.2) is 12.8 Å². The highest BCUT2D eigenvalue weighted by molar-refractivity contribution is 7.92.